The minimum Gasteiger partial charge on any atom is -0.423 e. The summed E-state index contributed by atoms with van der Waals surface area (Å²) in [5, 5.41) is 5.84. The first kappa shape index (κ1) is 14.1. The Morgan fingerprint density at radius 2 is 1.82 bits per heavy atom. The number of nitrogens with one attached hydrogen (secondary N) is 2. The Kier molecular flexibility index (Phi) is 4.05. The lowest BCUT2D eigenvalue weighted by atomic mass is 10.1. The van der Waals surface area contributed by atoms with Gasteiger partial charge in [-0.05, 0) is 17.7 Å². The van der Waals surface area contributed by atoms with Gasteiger partial charge < -0.3 is 15.4 Å². The van der Waals surface area contributed by atoms with Crippen LogP contribution in [0.1, 0.15) is 12.0 Å². The number of ether oxygens (including phenoxy) is 1. The molecule has 1 amide bonds. The van der Waals surface area contributed by atoms with Crippen molar-refractivity contribution < 1.29 is 14.3 Å². The second kappa shape index (κ2) is 6.30. The van der Waals surface area contributed by atoms with Crippen LogP contribution in [0.2, 0.25) is 0 Å². The number of carbonyl (C=O) groups is 2. The lowest BCUT2D eigenvalue weighted by Gasteiger charge is -2.25. The second-order valence-corrected chi connectivity index (χ2v) is 5.08. The van der Waals surface area contributed by atoms with Gasteiger partial charge in [0.05, 0.1) is 12.1 Å². The monoisotopic (exact) mass is 296 g/mol. The van der Waals surface area contributed by atoms with Gasteiger partial charge >= 0.3 is 5.97 Å². The first-order valence-corrected chi connectivity index (χ1v) is 7.10. The van der Waals surface area contributed by atoms with Gasteiger partial charge in [0.15, 0.2) is 5.75 Å². The number of benzene rings is 2. The fourth-order valence-corrected chi connectivity index (χ4v) is 2.29. The van der Waals surface area contributed by atoms with Gasteiger partial charge in [-0.25, -0.2) is 4.79 Å². The van der Waals surface area contributed by atoms with Crippen molar-refractivity contribution in [3.8, 4) is 5.75 Å². The van der Waals surface area contributed by atoms with Crippen molar-refractivity contribution >= 4 is 17.6 Å². The van der Waals surface area contributed by atoms with E-state index >= 15 is 0 Å². The molecule has 0 aromatic heterocycles. The van der Waals surface area contributed by atoms with E-state index in [1.807, 2.05) is 42.5 Å². The highest BCUT2D eigenvalue weighted by atomic mass is 16.5. The number of anilines is 1. The molecule has 5 nitrogen and oxygen atoms in total. The fraction of sp³-hybridized carbons (Fsp3) is 0.176. The van der Waals surface area contributed by atoms with Crippen LogP contribution in [0.25, 0.3) is 0 Å². The molecule has 112 valence electrons. The molecule has 0 spiro atoms. The third-order valence-corrected chi connectivity index (χ3v) is 3.43. The lowest BCUT2D eigenvalue weighted by molar-refractivity contribution is -0.138. The van der Waals surface area contributed by atoms with Crippen molar-refractivity contribution in [1.29, 1.82) is 0 Å². The smallest absolute Gasteiger partial charge is 0.334 e. The molecule has 0 saturated heterocycles. The van der Waals surface area contributed by atoms with Gasteiger partial charge in [0.25, 0.3) is 0 Å². The van der Waals surface area contributed by atoms with Crippen molar-refractivity contribution in [1.82, 2.24) is 5.32 Å². The predicted molar refractivity (Wildman–Crippen MR) is 82.4 cm³/mol. The summed E-state index contributed by atoms with van der Waals surface area (Å²) in [4.78, 5) is 23.9. The van der Waals surface area contributed by atoms with Gasteiger partial charge in [0.2, 0.25) is 5.91 Å². The Bertz CT molecular complexity index is 685. The molecule has 0 saturated carbocycles. The first-order chi connectivity index (χ1) is 10.7. The van der Waals surface area contributed by atoms with Gasteiger partial charge in [-0.1, -0.05) is 42.5 Å². The fourth-order valence-electron chi connectivity index (χ4n) is 2.29. The van der Waals surface area contributed by atoms with E-state index in [0.29, 0.717) is 12.3 Å². The quantitative estimate of drug-likeness (QED) is 0.669. The van der Waals surface area contributed by atoms with Crippen molar-refractivity contribution in [2.24, 2.45) is 0 Å². The Hall–Kier alpha value is -2.82. The zero-order chi connectivity index (χ0) is 15.4. The van der Waals surface area contributed by atoms with E-state index in [1.165, 1.54) is 0 Å². The molecule has 1 aliphatic heterocycles. The van der Waals surface area contributed by atoms with E-state index in [9.17, 15) is 9.59 Å². The number of amides is 1. The van der Waals surface area contributed by atoms with Gasteiger partial charge in [-0.3, -0.25) is 4.79 Å². The van der Waals surface area contributed by atoms with Crippen LogP contribution >= 0.6 is 0 Å². The summed E-state index contributed by atoms with van der Waals surface area (Å²) in [6.45, 7) is 0.442. The van der Waals surface area contributed by atoms with Crippen molar-refractivity contribution in [2.75, 3.05) is 5.32 Å². The topological polar surface area (TPSA) is 67.4 Å². The van der Waals surface area contributed by atoms with Gasteiger partial charge in [0.1, 0.15) is 6.04 Å². The predicted octanol–water partition coefficient (Wildman–Crippen LogP) is 2.09. The summed E-state index contributed by atoms with van der Waals surface area (Å²) < 4.78 is 5.23. The molecule has 2 aromatic carbocycles. The maximum atomic E-state index is 12.0. The van der Waals surface area contributed by atoms with E-state index in [-0.39, 0.29) is 12.3 Å². The molecule has 0 aliphatic carbocycles. The molecule has 1 heterocycles. The standard InChI is InChI=1S/C17H16N2O3/c20-16(18-11-12-6-2-1-3-7-12)10-14-17(21)22-15-9-5-4-8-13(15)19-14/h1-9,14,19H,10-11H2,(H,18,20). The zero-order valence-corrected chi connectivity index (χ0v) is 11.9. The van der Waals surface area contributed by atoms with Crippen molar-refractivity contribution in [3.63, 3.8) is 0 Å². The SMILES string of the molecule is O=C(CC1Nc2ccccc2OC1=O)NCc1ccccc1. The molecule has 2 aromatic rings. The first-order valence-electron chi connectivity index (χ1n) is 7.10. The van der Waals surface area contributed by atoms with Crippen molar-refractivity contribution in [2.45, 2.75) is 19.0 Å². The summed E-state index contributed by atoms with van der Waals surface area (Å²) in [6.07, 6.45) is 0.0417. The van der Waals surface area contributed by atoms with Crippen LogP contribution in [0, 0.1) is 0 Å². The molecule has 0 fully saturated rings. The summed E-state index contributed by atoms with van der Waals surface area (Å²) in [5.74, 6) is -0.139. The second-order valence-electron chi connectivity index (χ2n) is 5.08. The van der Waals surface area contributed by atoms with Crippen LogP contribution in [0.3, 0.4) is 0 Å². The molecule has 5 heteroatoms. The molecule has 22 heavy (non-hydrogen) atoms. The van der Waals surface area contributed by atoms with Gasteiger partial charge in [-0.2, -0.15) is 0 Å². The third-order valence-electron chi connectivity index (χ3n) is 3.43. The number of carbonyl (C=O) groups excluding carboxylic acids is 2. The molecule has 0 radical (unpaired) electrons. The molecule has 3 rings (SSSR count). The number of hydrogen-bond acceptors (Lipinski definition) is 4. The average molecular weight is 296 g/mol. The van der Waals surface area contributed by atoms with Crippen LogP contribution in [0.5, 0.6) is 5.75 Å². The van der Waals surface area contributed by atoms with E-state index < -0.39 is 12.0 Å². The molecular weight excluding hydrogens is 280 g/mol. The molecule has 2 N–H and O–H groups in total. The minimum atomic E-state index is -0.661. The molecule has 0 bridgehead atoms. The largest absolute Gasteiger partial charge is 0.423 e. The highest BCUT2D eigenvalue weighted by Gasteiger charge is 2.29. The van der Waals surface area contributed by atoms with Crippen LogP contribution in [0.15, 0.2) is 54.6 Å². The summed E-state index contributed by atoms with van der Waals surface area (Å²) in [5.41, 5.74) is 1.74. The number of para-hydroxylation sites is 2. The van der Waals surface area contributed by atoms with Gasteiger partial charge in [-0.15, -0.1) is 0 Å². The van der Waals surface area contributed by atoms with E-state index in [2.05, 4.69) is 10.6 Å². The van der Waals surface area contributed by atoms with Crippen LogP contribution in [0.4, 0.5) is 5.69 Å². The average Bonchev–Trinajstić information content (AvgIpc) is 2.55. The minimum absolute atomic E-state index is 0.0417. The summed E-state index contributed by atoms with van der Waals surface area (Å²) in [7, 11) is 0. The van der Waals surface area contributed by atoms with E-state index in [0.717, 1.165) is 11.3 Å². The third kappa shape index (κ3) is 3.25. The maximum absolute atomic E-state index is 12.0. The lowest BCUT2D eigenvalue weighted by Crippen LogP contribution is -2.41. The Morgan fingerprint density at radius 1 is 1.09 bits per heavy atom. The van der Waals surface area contributed by atoms with E-state index in [1.54, 1.807) is 12.1 Å². The number of hydrogen-bond donors (Lipinski definition) is 2. The van der Waals surface area contributed by atoms with Crippen LogP contribution in [-0.2, 0) is 16.1 Å². The highest BCUT2D eigenvalue weighted by molar-refractivity contribution is 5.91. The summed E-state index contributed by atoms with van der Waals surface area (Å²) >= 11 is 0. The highest BCUT2D eigenvalue weighted by Crippen LogP contribution is 2.29. The molecule has 1 unspecified atom stereocenters. The van der Waals surface area contributed by atoms with Crippen LogP contribution in [-0.4, -0.2) is 17.9 Å². The molecule has 1 aliphatic rings. The number of fused-ring (bicyclic) bond motifs is 1. The Balaban J connectivity index is 1.57. The summed E-state index contributed by atoms with van der Waals surface area (Å²) in [6, 6.07) is 16.1. The Labute approximate surface area is 128 Å². The normalized spacial score (nSPS) is 16.2. The van der Waals surface area contributed by atoms with Crippen LogP contribution < -0.4 is 15.4 Å². The Morgan fingerprint density at radius 3 is 2.64 bits per heavy atom. The number of rotatable bonds is 4. The van der Waals surface area contributed by atoms with Gasteiger partial charge in [0, 0.05) is 6.54 Å². The maximum Gasteiger partial charge on any atom is 0.334 e. The molecular formula is C17H16N2O3. The zero-order valence-electron chi connectivity index (χ0n) is 11.9. The number of esters is 1. The van der Waals surface area contributed by atoms with E-state index in [4.69, 9.17) is 4.74 Å². The van der Waals surface area contributed by atoms with Crippen molar-refractivity contribution in [3.05, 3.63) is 60.2 Å². The molecule has 1 atom stereocenters.